The molecule has 0 saturated heterocycles. The SMILES string of the molecule is C#C[C@]1(CO)C(=C)[C@@H](n2cnc3c(NC(=O)c4ccccc4)ncnc32)[C@@H]1CO. The van der Waals surface area contributed by atoms with Gasteiger partial charge >= 0.3 is 0 Å². The van der Waals surface area contributed by atoms with Crippen LogP contribution in [0.25, 0.3) is 11.2 Å². The van der Waals surface area contributed by atoms with E-state index < -0.39 is 11.3 Å². The number of benzene rings is 1. The van der Waals surface area contributed by atoms with Gasteiger partial charge in [0.2, 0.25) is 0 Å². The molecule has 3 atom stereocenters. The van der Waals surface area contributed by atoms with Gasteiger partial charge in [0.25, 0.3) is 5.91 Å². The van der Waals surface area contributed by atoms with Gasteiger partial charge in [0.15, 0.2) is 17.0 Å². The van der Waals surface area contributed by atoms with E-state index in [1.807, 2.05) is 6.07 Å². The van der Waals surface area contributed by atoms with Gasteiger partial charge in [-0.3, -0.25) is 4.79 Å². The van der Waals surface area contributed by atoms with Gasteiger partial charge in [-0.1, -0.05) is 30.7 Å². The average Bonchev–Trinajstić information content (AvgIpc) is 3.18. The minimum atomic E-state index is -0.979. The third-order valence-electron chi connectivity index (χ3n) is 5.57. The number of nitrogens with one attached hydrogen (secondary N) is 1. The third-order valence-corrected chi connectivity index (χ3v) is 5.57. The zero-order chi connectivity index (χ0) is 20.6. The molecule has 8 nitrogen and oxygen atoms in total. The van der Waals surface area contributed by atoms with Gasteiger partial charge in [-0.2, -0.15) is 0 Å². The van der Waals surface area contributed by atoms with E-state index in [2.05, 4.69) is 32.8 Å². The van der Waals surface area contributed by atoms with Crippen molar-refractivity contribution in [3.63, 3.8) is 0 Å². The largest absolute Gasteiger partial charge is 0.396 e. The van der Waals surface area contributed by atoms with Crippen LogP contribution >= 0.6 is 0 Å². The van der Waals surface area contributed by atoms with Crippen molar-refractivity contribution < 1.29 is 15.0 Å². The van der Waals surface area contributed by atoms with Crippen molar-refractivity contribution in [2.75, 3.05) is 18.5 Å². The number of carbonyl (C=O) groups excluding carboxylic acids is 1. The molecule has 2 heterocycles. The van der Waals surface area contributed by atoms with Gasteiger partial charge in [0.1, 0.15) is 6.33 Å². The number of anilines is 1. The van der Waals surface area contributed by atoms with Crippen molar-refractivity contribution in [3.8, 4) is 12.3 Å². The number of terminal acetylenes is 1. The lowest BCUT2D eigenvalue weighted by atomic mass is 9.54. The second kappa shape index (κ2) is 7.13. The molecule has 0 aliphatic heterocycles. The summed E-state index contributed by atoms with van der Waals surface area (Å²) in [6.45, 7) is 3.51. The molecular weight excluding hydrogens is 370 g/mol. The molecule has 1 aliphatic carbocycles. The fourth-order valence-electron chi connectivity index (χ4n) is 3.92. The molecule has 1 fully saturated rings. The normalized spacial score (nSPS) is 23.4. The number of aliphatic hydroxyl groups is 2. The molecule has 29 heavy (non-hydrogen) atoms. The number of aliphatic hydroxyl groups excluding tert-OH is 2. The summed E-state index contributed by atoms with van der Waals surface area (Å²) >= 11 is 0. The molecule has 0 radical (unpaired) electrons. The monoisotopic (exact) mass is 389 g/mol. The number of imidazole rings is 1. The summed E-state index contributed by atoms with van der Waals surface area (Å²) in [6, 6.07) is 8.40. The van der Waals surface area contributed by atoms with Crippen molar-refractivity contribution >= 4 is 22.9 Å². The molecule has 0 bridgehead atoms. The van der Waals surface area contributed by atoms with Crippen molar-refractivity contribution in [1.82, 2.24) is 19.5 Å². The van der Waals surface area contributed by atoms with Crippen LogP contribution in [0.1, 0.15) is 16.4 Å². The summed E-state index contributed by atoms with van der Waals surface area (Å²) in [7, 11) is 0. The van der Waals surface area contributed by atoms with Gasteiger partial charge in [0, 0.05) is 11.5 Å². The van der Waals surface area contributed by atoms with Crippen LogP contribution in [0.15, 0.2) is 55.1 Å². The number of fused-ring (bicyclic) bond motifs is 1. The molecule has 3 N–H and O–H groups in total. The number of hydrogen-bond donors (Lipinski definition) is 3. The topological polar surface area (TPSA) is 113 Å². The summed E-state index contributed by atoms with van der Waals surface area (Å²) in [5, 5.41) is 22.4. The summed E-state index contributed by atoms with van der Waals surface area (Å²) in [4.78, 5) is 25.3. The molecule has 1 saturated carbocycles. The maximum absolute atomic E-state index is 12.5. The lowest BCUT2D eigenvalue weighted by molar-refractivity contribution is 0.00830. The van der Waals surface area contributed by atoms with Gasteiger partial charge < -0.3 is 20.1 Å². The maximum atomic E-state index is 12.5. The Morgan fingerprint density at radius 3 is 2.69 bits per heavy atom. The maximum Gasteiger partial charge on any atom is 0.256 e. The molecule has 1 aromatic carbocycles. The zero-order valence-corrected chi connectivity index (χ0v) is 15.5. The van der Waals surface area contributed by atoms with E-state index >= 15 is 0 Å². The molecule has 146 valence electrons. The average molecular weight is 389 g/mol. The molecular formula is C21H19N5O3. The predicted octanol–water partition coefficient (Wildman–Crippen LogP) is 1.41. The number of carbonyl (C=O) groups is 1. The number of amides is 1. The van der Waals surface area contributed by atoms with Crippen molar-refractivity contribution in [2.45, 2.75) is 6.04 Å². The molecule has 3 aromatic rings. The number of rotatable bonds is 5. The molecule has 8 heteroatoms. The minimum absolute atomic E-state index is 0.225. The van der Waals surface area contributed by atoms with E-state index in [-0.39, 0.29) is 31.0 Å². The Hall–Kier alpha value is -3.54. The Labute approximate surface area is 167 Å². The van der Waals surface area contributed by atoms with Crippen LogP contribution in [-0.2, 0) is 0 Å². The highest BCUT2D eigenvalue weighted by Gasteiger charge is 2.57. The number of hydrogen-bond acceptors (Lipinski definition) is 6. The Morgan fingerprint density at radius 1 is 1.28 bits per heavy atom. The van der Waals surface area contributed by atoms with Gasteiger partial charge in [-0.25, -0.2) is 15.0 Å². The standard InChI is InChI=1S/C21H19N5O3/c1-3-21(10-28)13(2)17(15(21)9-27)26-12-24-16-18(22-11-23-19(16)26)25-20(29)14-7-5-4-6-8-14/h1,4-8,11-12,15,17,27-28H,2,9-10H2,(H,22,23,25,29)/t15-,17+,21-/m0/s1. The van der Waals surface area contributed by atoms with Crippen LogP contribution in [0.5, 0.6) is 0 Å². The smallest absolute Gasteiger partial charge is 0.256 e. The Kier molecular flexibility index (Phi) is 4.62. The predicted molar refractivity (Wildman–Crippen MR) is 107 cm³/mol. The fraction of sp³-hybridized carbons (Fsp3) is 0.238. The van der Waals surface area contributed by atoms with E-state index in [9.17, 15) is 15.0 Å². The summed E-state index contributed by atoms with van der Waals surface area (Å²) in [5.41, 5.74) is 0.996. The van der Waals surface area contributed by atoms with E-state index in [0.29, 0.717) is 22.3 Å². The Balaban J connectivity index is 1.69. The Bertz CT molecular complexity index is 1130. The molecule has 2 aromatic heterocycles. The van der Waals surface area contributed by atoms with Crippen LogP contribution in [0.4, 0.5) is 5.82 Å². The first-order valence-corrected chi connectivity index (χ1v) is 9.00. The van der Waals surface area contributed by atoms with E-state index in [1.165, 1.54) is 6.33 Å². The van der Waals surface area contributed by atoms with Crippen LogP contribution in [0, 0.1) is 23.7 Å². The molecule has 4 rings (SSSR count). The van der Waals surface area contributed by atoms with Crippen molar-refractivity contribution in [3.05, 3.63) is 60.7 Å². The summed E-state index contributed by atoms with van der Waals surface area (Å²) in [6.07, 6.45) is 8.50. The first kappa shape index (κ1) is 18.8. The minimum Gasteiger partial charge on any atom is -0.396 e. The molecule has 1 aliphatic rings. The van der Waals surface area contributed by atoms with E-state index in [0.717, 1.165) is 0 Å². The van der Waals surface area contributed by atoms with Crippen molar-refractivity contribution in [1.29, 1.82) is 0 Å². The lowest BCUT2D eigenvalue weighted by Crippen LogP contribution is -2.54. The third kappa shape index (κ3) is 2.71. The fourth-order valence-corrected chi connectivity index (χ4v) is 3.92. The van der Waals surface area contributed by atoms with Gasteiger partial charge in [0.05, 0.1) is 31.0 Å². The molecule has 0 spiro atoms. The number of nitrogens with zero attached hydrogens (tertiary/aromatic N) is 4. The quantitative estimate of drug-likeness (QED) is 0.449. The molecule has 1 amide bonds. The zero-order valence-electron chi connectivity index (χ0n) is 15.5. The second-order valence-electron chi connectivity index (χ2n) is 6.90. The number of aromatic nitrogens is 4. The summed E-state index contributed by atoms with van der Waals surface area (Å²) in [5.74, 6) is 2.11. The highest BCUT2D eigenvalue weighted by molar-refractivity contribution is 6.06. The lowest BCUT2D eigenvalue weighted by Gasteiger charge is -2.53. The van der Waals surface area contributed by atoms with Crippen molar-refractivity contribution in [2.24, 2.45) is 11.3 Å². The Morgan fingerprint density at radius 2 is 2.03 bits per heavy atom. The second-order valence-corrected chi connectivity index (χ2v) is 6.90. The molecule has 0 unspecified atom stereocenters. The summed E-state index contributed by atoms with van der Waals surface area (Å²) < 4.78 is 1.74. The first-order chi connectivity index (χ1) is 14.1. The van der Waals surface area contributed by atoms with Crippen LogP contribution in [0.3, 0.4) is 0 Å². The highest BCUT2D eigenvalue weighted by Crippen LogP contribution is 2.57. The highest BCUT2D eigenvalue weighted by atomic mass is 16.3. The van der Waals surface area contributed by atoms with E-state index in [1.54, 1.807) is 35.2 Å². The van der Waals surface area contributed by atoms with Crippen LogP contribution in [0.2, 0.25) is 0 Å². The van der Waals surface area contributed by atoms with E-state index in [4.69, 9.17) is 6.42 Å². The van der Waals surface area contributed by atoms with Crippen LogP contribution < -0.4 is 5.32 Å². The van der Waals surface area contributed by atoms with Gasteiger partial charge in [-0.15, -0.1) is 6.42 Å². The first-order valence-electron chi connectivity index (χ1n) is 9.00. The van der Waals surface area contributed by atoms with Crippen LogP contribution in [-0.4, -0.2) is 48.9 Å². The van der Waals surface area contributed by atoms with Gasteiger partial charge in [-0.05, 0) is 17.7 Å².